The minimum absolute atomic E-state index is 0.118. The predicted octanol–water partition coefficient (Wildman–Crippen LogP) is 4.87. The van der Waals surface area contributed by atoms with E-state index in [9.17, 15) is 22.8 Å². The Morgan fingerprint density at radius 2 is 1.91 bits per heavy atom. The summed E-state index contributed by atoms with van der Waals surface area (Å²) in [6.45, 7) is 8.48. The number of hydrogen-bond donors (Lipinski definition) is 1. The van der Waals surface area contributed by atoms with Crippen molar-refractivity contribution in [1.82, 2.24) is 10.3 Å². The van der Waals surface area contributed by atoms with E-state index in [4.69, 9.17) is 14.2 Å². The minimum atomic E-state index is -4.76. The molecule has 34 heavy (non-hydrogen) atoms. The number of halogens is 3. The van der Waals surface area contributed by atoms with E-state index >= 15 is 0 Å². The van der Waals surface area contributed by atoms with E-state index in [0.717, 1.165) is 0 Å². The summed E-state index contributed by atoms with van der Waals surface area (Å²) in [5.41, 5.74) is -1.98. The van der Waals surface area contributed by atoms with Gasteiger partial charge in [-0.3, -0.25) is 4.79 Å². The second-order valence-corrected chi connectivity index (χ2v) is 9.29. The maximum atomic E-state index is 13.6. The highest BCUT2D eigenvalue weighted by Gasteiger charge is 2.38. The maximum absolute atomic E-state index is 13.6. The molecule has 188 valence electrons. The smallest absolute Gasteiger partial charge is 0.437 e. The Balaban J connectivity index is 2.08. The Morgan fingerprint density at radius 3 is 2.53 bits per heavy atom. The Kier molecular flexibility index (Phi) is 9.19. The first kappa shape index (κ1) is 27.3. The van der Waals surface area contributed by atoms with E-state index in [1.54, 1.807) is 34.6 Å². The second-order valence-electron chi connectivity index (χ2n) is 9.29. The molecule has 1 amide bonds. The molecule has 1 heterocycles. The van der Waals surface area contributed by atoms with Crippen LogP contribution >= 0.6 is 0 Å². The van der Waals surface area contributed by atoms with Gasteiger partial charge < -0.3 is 19.5 Å². The van der Waals surface area contributed by atoms with Crippen LogP contribution in [0, 0.1) is 17.8 Å². The van der Waals surface area contributed by atoms with Crippen LogP contribution in [0.3, 0.4) is 0 Å². The Bertz CT molecular complexity index is 929. The van der Waals surface area contributed by atoms with Crippen molar-refractivity contribution >= 4 is 12.1 Å². The monoisotopic (exact) mass is 484 g/mol. The largest absolute Gasteiger partial charge is 0.488 e. The van der Waals surface area contributed by atoms with Crippen LogP contribution in [0.4, 0.5) is 18.0 Å². The summed E-state index contributed by atoms with van der Waals surface area (Å²) < 4.78 is 56.9. The average Bonchev–Trinajstić information content (AvgIpc) is 2.70. The first-order valence-corrected chi connectivity index (χ1v) is 11.2. The summed E-state index contributed by atoms with van der Waals surface area (Å²) >= 11 is 0. The van der Waals surface area contributed by atoms with Crippen molar-refractivity contribution in [3.8, 4) is 17.6 Å². The van der Waals surface area contributed by atoms with Gasteiger partial charge in [-0.05, 0) is 78.4 Å². The summed E-state index contributed by atoms with van der Waals surface area (Å²) in [5, 5.41) is 2.40. The van der Waals surface area contributed by atoms with E-state index in [-0.39, 0.29) is 30.7 Å². The molecule has 7 nitrogen and oxygen atoms in total. The van der Waals surface area contributed by atoms with Gasteiger partial charge in [0.15, 0.2) is 11.4 Å². The van der Waals surface area contributed by atoms with Crippen LogP contribution in [0.1, 0.15) is 71.7 Å². The third kappa shape index (κ3) is 9.12. The average molecular weight is 485 g/mol. The number of rotatable bonds is 5. The molecule has 0 aromatic carbocycles. The molecule has 10 heteroatoms. The highest BCUT2D eigenvalue weighted by atomic mass is 19.4. The van der Waals surface area contributed by atoms with Gasteiger partial charge in [0.1, 0.15) is 11.3 Å². The van der Waals surface area contributed by atoms with Gasteiger partial charge in [0, 0.05) is 0 Å². The normalized spacial score (nSPS) is 18.5. The molecule has 0 spiro atoms. The van der Waals surface area contributed by atoms with Crippen LogP contribution in [0.25, 0.3) is 0 Å². The quantitative estimate of drug-likeness (QED) is 0.474. The topological polar surface area (TPSA) is 86.8 Å². The zero-order valence-electron chi connectivity index (χ0n) is 20.0. The fourth-order valence-corrected chi connectivity index (χ4v) is 3.35. The molecule has 2 atom stereocenters. The molecule has 0 unspecified atom stereocenters. The Morgan fingerprint density at radius 1 is 1.21 bits per heavy atom. The van der Waals surface area contributed by atoms with Crippen molar-refractivity contribution in [2.45, 2.75) is 84.3 Å². The molecule has 1 aromatic heterocycles. The van der Waals surface area contributed by atoms with Gasteiger partial charge in [0.05, 0.1) is 24.7 Å². The highest BCUT2D eigenvalue weighted by Crippen LogP contribution is 2.37. The van der Waals surface area contributed by atoms with Crippen LogP contribution in [-0.2, 0) is 20.4 Å². The van der Waals surface area contributed by atoms with Crippen molar-refractivity contribution in [1.29, 1.82) is 0 Å². The molecule has 0 bridgehead atoms. The SMILES string of the molecule is CC(C)OC(=O)[C@H]1CCC[C@H](Oc2ccc(C#CCNC(=O)OC(C)(C)C)nc2C(F)(F)F)C1. The standard InChI is InChI=1S/C24H31F3N2O5/c1-15(2)32-21(30)16-8-6-10-18(14-16)33-19-12-11-17(29-20(19)24(25,26)27)9-7-13-28-22(31)34-23(3,4)5/h11-12,15-16,18H,6,8,10,13-14H2,1-5H3,(H,28,31)/t16-,18-/m0/s1. The Hall–Kier alpha value is -2.96. The van der Waals surface area contributed by atoms with Crippen LogP contribution in [0.2, 0.25) is 0 Å². The fourth-order valence-electron chi connectivity index (χ4n) is 3.35. The number of alkyl carbamates (subject to hydrolysis) is 1. The summed E-state index contributed by atoms with van der Waals surface area (Å²) in [7, 11) is 0. The summed E-state index contributed by atoms with van der Waals surface area (Å²) in [5.74, 6) is 3.87. The zero-order valence-corrected chi connectivity index (χ0v) is 20.0. The number of aromatic nitrogens is 1. The molecule has 0 radical (unpaired) electrons. The molecule has 1 saturated carbocycles. The van der Waals surface area contributed by atoms with Crippen molar-refractivity contribution in [2.75, 3.05) is 6.54 Å². The number of esters is 1. The third-order valence-corrected chi connectivity index (χ3v) is 4.67. The highest BCUT2D eigenvalue weighted by molar-refractivity contribution is 5.72. The molecule has 1 N–H and O–H groups in total. The molecule has 1 aliphatic rings. The first-order chi connectivity index (χ1) is 15.7. The molecule has 1 fully saturated rings. The zero-order chi connectivity index (χ0) is 25.5. The summed E-state index contributed by atoms with van der Waals surface area (Å²) in [6, 6.07) is 2.50. The summed E-state index contributed by atoms with van der Waals surface area (Å²) in [6.07, 6.45) is -4.20. The van der Waals surface area contributed by atoms with Crippen molar-refractivity contribution < 1.29 is 37.0 Å². The number of nitrogens with one attached hydrogen (secondary N) is 1. The Labute approximate surface area is 197 Å². The molecule has 0 aliphatic heterocycles. The molecule has 1 aliphatic carbocycles. The lowest BCUT2D eigenvalue weighted by Crippen LogP contribution is -2.32. The molecular formula is C24H31F3N2O5. The lowest BCUT2D eigenvalue weighted by atomic mass is 9.87. The molecule has 0 saturated heterocycles. The second kappa shape index (κ2) is 11.4. The van der Waals surface area contributed by atoms with Gasteiger partial charge in [-0.25, -0.2) is 9.78 Å². The number of hydrogen-bond acceptors (Lipinski definition) is 6. The van der Waals surface area contributed by atoms with E-state index < -0.39 is 41.3 Å². The first-order valence-electron chi connectivity index (χ1n) is 11.2. The van der Waals surface area contributed by atoms with Gasteiger partial charge in [0.2, 0.25) is 0 Å². The van der Waals surface area contributed by atoms with Gasteiger partial charge >= 0.3 is 18.2 Å². The van der Waals surface area contributed by atoms with Crippen LogP contribution in [0.5, 0.6) is 5.75 Å². The van der Waals surface area contributed by atoms with Gasteiger partial charge in [0.25, 0.3) is 0 Å². The predicted molar refractivity (Wildman–Crippen MR) is 118 cm³/mol. The lowest BCUT2D eigenvalue weighted by Gasteiger charge is -2.29. The van der Waals surface area contributed by atoms with Gasteiger partial charge in [-0.15, -0.1) is 0 Å². The number of carbonyl (C=O) groups excluding carboxylic acids is 2. The number of amides is 1. The van der Waals surface area contributed by atoms with Crippen molar-refractivity contribution in [2.24, 2.45) is 5.92 Å². The van der Waals surface area contributed by atoms with Crippen LogP contribution < -0.4 is 10.1 Å². The van der Waals surface area contributed by atoms with E-state index in [0.29, 0.717) is 19.3 Å². The number of alkyl halides is 3. The number of pyridine rings is 1. The van der Waals surface area contributed by atoms with Crippen LogP contribution in [0.15, 0.2) is 12.1 Å². The maximum Gasteiger partial charge on any atom is 0.437 e. The minimum Gasteiger partial charge on any atom is -0.488 e. The van der Waals surface area contributed by atoms with Gasteiger partial charge in [-0.2, -0.15) is 13.2 Å². The molecular weight excluding hydrogens is 453 g/mol. The summed E-state index contributed by atoms with van der Waals surface area (Å²) in [4.78, 5) is 27.4. The third-order valence-electron chi connectivity index (χ3n) is 4.67. The van der Waals surface area contributed by atoms with E-state index in [1.807, 2.05) is 0 Å². The number of ether oxygens (including phenoxy) is 3. The molecule has 2 rings (SSSR count). The number of carbonyl (C=O) groups is 2. The lowest BCUT2D eigenvalue weighted by molar-refractivity contribution is -0.155. The van der Waals surface area contributed by atoms with E-state index in [1.165, 1.54) is 12.1 Å². The number of nitrogens with zero attached hydrogens (tertiary/aromatic N) is 1. The van der Waals surface area contributed by atoms with Crippen molar-refractivity contribution in [3.63, 3.8) is 0 Å². The van der Waals surface area contributed by atoms with Crippen LogP contribution in [-0.4, -0.2) is 41.4 Å². The van der Waals surface area contributed by atoms with Crippen molar-refractivity contribution in [3.05, 3.63) is 23.5 Å². The van der Waals surface area contributed by atoms with Gasteiger partial charge in [-0.1, -0.05) is 5.92 Å². The van der Waals surface area contributed by atoms with E-state index in [2.05, 4.69) is 22.1 Å². The fraction of sp³-hybridized carbons (Fsp3) is 0.625. The molecule has 1 aromatic rings.